The monoisotopic (exact) mass is 347 g/mol. The standard InChI is InChI=1S/C17H18BrNO2/c1-19(10-11-8-13(18)9-11)17(21)15-7-6-12-4-2-3-5-14(12)16(15)20/h2-7,11,13,20H,8-10H2,1H3. The van der Waals surface area contributed by atoms with Crippen molar-refractivity contribution in [2.24, 2.45) is 5.92 Å². The number of carbonyl (C=O) groups excluding carboxylic acids is 1. The van der Waals surface area contributed by atoms with Gasteiger partial charge in [-0.1, -0.05) is 46.3 Å². The maximum Gasteiger partial charge on any atom is 0.257 e. The molecule has 1 amide bonds. The molecule has 1 aliphatic rings. The minimum Gasteiger partial charge on any atom is -0.506 e. The second-order valence-corrected chi connectivity index (χ2v) is 7.10. The zero-order chi connectivity index (χ0) is 15.0. The van der Waals surface area contributed by atoms with Gasteiger partial charge in [-0.05, 0) is 30.2 Å². The molecule has 21 heavy (non-hydrogen) atoms. The highest BCUT2D eigenvalue weighted by Gasteiger charge is 2.29. The van der Waals surface area contributed by atoms with Gasteiger partial charge < -0.3 is 10.0 Å². The molecule has 4 heteroatoms. The number of alkyl halides is 1. The van der Waals surface area contributed by atoms with Crippen LogP contribution in [0.15, 0.2) is 36.4 Å². The molecule has 110 valence electrons. The molecule has 0 aliphatic heterocycles. The van der Waals surface area contributed by atoms with Gasteiger partial charge in [0.05, 0.1) is 5.56 Å². The van der Waals surface area contributed by atoms with Gasteiger partial charge in [-0.2, -0.15) is 0 Å². The van der Waals surface area contributed by atoms with Gasteiger partial charge in [-0.25, -0.2) is 0 Å². The van der Waals surface area contributed by atoms with E-state index in [0.717, 1.165) is 30.2 Å². The number of carbonyl (C=O) groups is 1. The Bertz CT molecular complexity index is 680. The topological polar surface area (TPSA) is 40.5 Å². The van der Waals surface area contributed by atoms with E-state index in [0.29, 0.717) is 16.3 Å². The van der Waals surface area contributed by atoms with Crippen LogP contribution in [0.5, 0.6) is 5.75 Å². The van der Waals surface area contributed by atoms with E-state index >= 15 is 0 Å². The summed E-state index contributed by atoms with van der Waals surface area (Å²) in [5, 5.41) is 12.0. The second kappa shape index (κ2) is 5.68. The van der Waals surface area contributed by atoms with Crippen molar-refractivity contribution in [1.82, 2.24) is 4.90 Å². The minimum atomic E-state index is -0.115. The summed E-state index contributed by atoms with van der Waals surface area (Å²) in [5.74, 6) is 0.527. The summed E-state index contributed by atoms with van der Waals surface area (Å²) in [5.41, 5.74) is 0.380. The van der Waals surface area contributed by atoms with Crippen molar-refractivity contribution in [1.29, 1.82) is 0 Å². The van der Waals surface area contributed by atoms with Crippen LogP contribution in [0, 0.1) is 5.92 Å². The lowest BCUT2D eigenvalue weighted by atomic mass is 9.85. The molecule has 1 N–H and O–H groups in total. The molecule has 0 spiro atoms. The molecular formula is C17H18BrNO2. The Hall–Kier alpha value is -1.55. The zero-order valence-electron chi connectivity index (χ0n) is 11.9. The maximum atomic E-state index is 12.5. The number of rotatable bonds is 3. The van der Waals surface area contributed by atoms with Crippen molar-refractivity contribution in [2.45, 2.75) is 17.7 Å². The summed E-state index contributed by atoms with van der Waals surface area (Å²) in [4.78, 5) is 14.8. The van der Waals surface area contributed by atoms with Crippen LogP contribution in [0.25, 0.3) is 10.8 Å². The number of hydrogen-bond acceptors (Lipinski definition) is 2. The Morgan fingerprint density at radius 3 is 2.71 bits per heavy atom. The third-order valence-corrected chi connectivity index (χ3v) is 4.94. The third kappa shape index (κ3) is 2.77. The predicted molar refractivity (Wildman–Crippen MR) is 88.0 cm³/mol. The van der Waals surface area contributed by atoms with Crippen LogP contribution in [-0.2, 0) is 0 Å². The van der Waals surface area contributed by atoms with Crippen molar-refractivity contribution >= 4 is 32.6 Å². The Labute approximate surface area is 132 Å². The smallest absolute Gasteiger partial charge is 0.257 e. The number of hydrogen-bond donors (Lipinski definition) is 1. The molecule has 0 radical (unpaired) electrons. The van der Waals surface area contributed by atoms with E-state index in [1.807, 2.05) is 30.3 Å². The van der Waals surface area contributed by atoms with Crippen LogP contribution in [0.2, 0.25) is 0 Å². The molecule has 0 saturated heterocycles. The van der Waals surface area contributed by atoms with Gasteiger partial charge in [-0.15, -0.1) is 0 Å². The molecule has 1 aliphatic carbocycles. The van der Waals surface area contributed by atoms with Crippen molar-refractivity contribution in [2.75, 3.05) is 13.6 Å². The first-order valence-electron chi connectivity index (χ1n) is 7.16. The molecule has 1 saturated carbocycles. The second-order valence-electron chi connectivity index (χ2n) is 5.80. The van der Waals surface area contributed by atoms with Crippen LogP contribution < -0.4 is 0 Å². The predicted octanol–water partition coefficient (Wildman–Crippen LogP) is 3.79. The molecule has 2 aromatic rings. The molecule has 2 aromatic carbocycles. The van der Waals surface area contributed by atoms with Crippen molar-refractivity contribution < 1.29 is 9.90 Å². The van der Waals surface area contributed by atoms with E-state index in [2.05, 4.69) is 15.9 Å². The van der Waals surface area contributed by atoms with Gasteiger partial charge in [0.2, 0.25) is 0 Å². The summed E-state index contributed by atoms with van der Waals surface area (Å²) in [6, 6.07) is 11.1. The van der Waals surface area contributed by atoms with Gasteiger partial charge in [0.15, 0.2) is 0 Å². The lowest BCUT2D eigenvalue weighted by Gasteiger charge is -2.34. The first-order valence-corrected chi connectivity index (χ1v) is 8.08. The van der Waals surface area contributed by atoms with Gasteiger partial charge in [-0.3, -0.25) is 4.79 Å². The number of aromatic hydroxyl groups is 1. The Kier molecular flexibility index (Phi) is 3.89. The SMILES string of the molecule is CN(CC1CC(Br)C1)C(=O)c1ccc2ccccc2c1O. The van der Waals surface area contributed by atoms with Crippen LogP contribution in [0.1, 0.15) is 23.2 Å². The van der Waals surface area contributed by atoms with E-state index in [-0.39, 0.29) is 11.7 Å². The van der Waals surface area contributed by atoms with E-state index in [4.69, 9.17) is 0 Å². The van der Waals surface area contributed by atoms with Crippen LogP contribution in [0.4, 0.5) is 0 Å². The van der Waals surface area contributed by atoms with Gasteiger partial charge in [0, 0.05) is 23.8 Å². The molecule has 0 heterocycles. The van der Waals surface area contributed by atoms with Gasteiger partial charge in [0.25, 0.3) is 5.91 Å². The maximum absolute atomic E-state index is 12.5. The molecule has 0 unspecified atom stereocenters. The Morgan fingerprint density at radius 1 is 1.29 bits per heavy atom. The largest absolute Gasteiger partial charge is 0.506 e. The zero-order valence-corrected chi connectivity index (χ0v) is 13.5. The first-order chi connectivity index (χ1) is 10.1. The lowest BCUT2D eigenvalue weighted by molar-refractivity contribution is 0.0746. The fourth-order valence-electron chi connectivity index (χ4n) is 2.91. The highest BCUT2D eigenvalue weighted by Crippen LogP contribution is 2.34. The summed E-state index contributed by atoms with van der Waals surface area (Å²) in [7, 11) is 1.80. The molecule has 0 atom stereocenters. The molecule has 0 bridgehead atoms. The average Bonchev–Trinajstić information content (AvgIpc) is 2.45. The summed E-state index contributed by atoms with van der Waals surface area (Å²) in [6.07, 6.45) is 2.22. The molecule has 1 fully saturated rings. The third-order valence-electron chi connectivity index (χ3n) is 4.19. The Morgan fingerprint density at radius 2 is 2.00 bits per heavy atom. The van der Waals surface area contributed by atoms with Crippen LogP contribution in [0.3, 0.4) is 0 Å². The summed E-state index contributed by atoms with van der Waals surface area (Å²) < 4.78 is 0. The van der Waals surface area contributed by atoms with Crippen LogP contribution >= 0.6 is 15.9 Å². The first kappa shape index (κ1) is 14.4. The number of nitrogens with zero attached hydrogens (tertiary/aromatic N) is 1. The summed E-state index contributed by atoms with van der Waals surface area (Å²) in [6.45, 7) is 0.743. The number of benzene rings is 2. The van der Waals surface area contributed by atoms with Crippen molar-refractivity contribution in [3.05, 3.63) is 42.0 Å². The molecular weight excluding hydrogens is 330 g/mol. The van der Waals surface area contributed by atoms with Gasteiger partial charge >= 0.3 is 0 Å². The van der Waals surface area contributed by atoms with Crippen molar-refractivity contribution in [3.63, 3.8) is 0 Å². The minimum absolute atomic E-state index is 0.0805. The van der Waals surface area contributed by atoms with Crippen LogP contribution in [-0.4, -0.2) is 34.3 Å². The highest BCUT2D eigenvalue weighted by molar-refractivity contribution is 9.09. The average molecular weight is 348 g/mol. The number of phenolic OH excluding ortho intramolecular Hbond substituents is 1. The van der Waals surface area contributed by atoms with E-state index in [1.54, 1.807) is 18.0 Å². The fourth-order valence-corrected chi connectivity index (χ4v) is 3.96. The molecule has 3 rings (SSSR count). The van der Waals surface area contributed by atoms with Gasteiger partial charge in [0.1, 0.15) is 5.75 Å². The van der Waals surface area contributed by atoms with E-state index < -0.39 is 0 Å². The summed E-state index contributed by atoms with van der Waals surface area (Å²) >= 11 is 3.57. The van der Waals surface area contributed by atoms with E-state index in [1.165, 1.54) is 0 Å². The number of fused-ring (bicyclic) bond motifs is 1. The normalized spacial score (nSPS) is 21.0. The lowest BCUT2D eigenvalue weighted by Crippen LogP contribution is -2.37. The fraction of sp³-hybridized carbons (Fsp3) is 0.353. The number of halogens is 1. The highest BCUT2D eigenvalue weighted by atomic mass is 79.9. The molecule has 3 nitrogen and oxygen atoms in total. The molecule has 0 aromatic heterocycles. The van der Waals surface area contributed by atoms with Crippen molar-refractivity contribution in [3.8, 4) is 5.75 Å². The number of phenols is 1. The Balaban J connectivity index is 1.82. The number of amides is 1. The quantitative estimate of drug-likeness (QED) is 0.858. The van der Waals surface area contributed by atoms with E-state index in [9.17, 15) is 9.90 Å².